The fraction of sp³-hybridized carbons (Fsp3) is 0.400. The van der Waals surface area contributed by atoms with E-state index < -0.39 is 0 Å². The molecule has 1 saturated carbocycles. The second kappa shape index (κ2) is 8.22. The topological polar surface area (TPSA) is 29.5 Å². The highest BCUT2D eigenvalue weighted by atomic mass is 16.5. The molecular formula is C25H29NO2. The number of methoxy groups -OCH3 is 1. The minimum absolute atomic E-state index is 0.147. The van der Waals surface area contributed by atoms with Gasteiger partial charge >= 0.3 is 0 Å². The van der Waals surface area contributed by atoms with Gasteiger partial charge in [0, 0.05) is 12.5 Å². The number of nitrogens with zero attached hydrogens (tertiary/aromatic N) is 1. The lowest BCUT2D eigenvalue weighted by atomic mass is 9.74. The van der Waals surface area contributed by atoms with E-state index in [0.29, 0.717) is 24.3 Å². The van der Waals surface area contributed by atoms with Gasteiger partial charge in [-0.3, -0.25) is 4.79 Å². The molecule has 3 atom stereocenters. The number of amides is 1. The molecule has 0 aromatic heterocycles. The molecule has 1 aliphatic heterocycles. The summed E-state index contributed by atoms with van der Waals surface area (Å²) >= 11 is 0. The third kappa shape index (κ3) is 3.84. The molecule has 0 spiro atoms. The molecule has 3 heteroatoms. The van der Waals surface area contributed by atoms with Gasteiger partial charge in [-0.15, -0.1) is 0 Å². The number of carbonyl (C=O) groups excluding carboxylic acids is 1. The van der Waals surface area contributed by atoms with Crippen molar-refractivity contribution in [2.75, 3.05) is 7.11 Å². The second-order valence-corrected chi connectivity index (χ2v) is 8.07. The molecule has 1 unspecified atom stereocenters. The summed E-state index contributed by atoms with van der Waals surface area (Å²) in [5.41, 5.74) is 3.97. The predicted molar refractivity (Wildman–Crippen MR) is 113 cm³/mol. The highest BCUT2D eigenvalue weighted by molar-refractivity contribution is 5.78. The molecule has 146 valence electrons. The van der Waals surface area contributed by atoms with Crippen LogP contribution in [0, 0.1) is 5.92 Å². The molecule has 2 aliphatic rings. The number of rotatable bonds is 4. The van der Waals surface area contributed by atoms with Crippen molar-refractivity contribution >= 4 is 12.0 Å². The Hall–Kier alpha value is -2.55. The lowest BCUT2D eigenvalue weighted by Gasteiger charge is -2.47. The summed E-state index contributed by atoms with van der Waals surface area (Å²) in [4.78, 5) is 15.0. The number of hydrogen-bond acceptors (Lipinski definition) is 2. The Labute approximate surface area is 168 Å². The highest BCUT2D eigenvalue weighted by Crippen LogP contribution is 2.42. The van der Waals surface area contributed by atoms with Crippen molar-refractivity contribution < 1.29 is 9.53 Å². The molecule has 1 aliphatic carbocycles. The number of benzene rings is 2. The van der Waals surface area contributed by atoms with E-state index in [0.717, 1.165) is 31.4 Å². The van der Waals surface area contributed by atoms with Crippen LogP contribution in [0.2, 0.25) is 0 Å². The number of ether oxygens (including phenoxy) is 1. The van der Waals surface area contributed by atoms with Crippen LogP contribution in [0.15, 0.2) is 60.2 Å². The van der Waals surface area contributed by atoms with E-state index in [9.17, 15) is 4.79 Å². The van der Waals surface area contributed by atoms with Crippen molar-refractivity contribution in [2.45, 2.75) is 51.1 Å². The van der Waals surface area contributed by atoms with Gasteiger partial charge in [-0.1, -0.05) is 54.1 Å². The van der Waals surface area contributed by atoms with Crippen molar-refractivity contribution in [1.29, 1.82) is 0 Å². The monoisotopic (exact) mass is 375 g/mol. The van der Waals surface area contributed by atoms with Gasteiger partial charge in [-0.25, -0.2) is 0 Å². The standard InChI is InChI=1S/C25H29NO2/c1-18(21-6-4-3-5-7-21)26-24-14-10-20(17-22(24)11-15-25(26)27)16-19-8-12-23(28-2)13-9-19/h3-9,12-13,16,18,22,24H,10-11,14-15,17H2,1-2H3/t18?,22-,24-/m1/s1. The third-order valence-corrected chi connectivity index (χ3v) is 6.39. The van der Waals surface area contributed by atoms with Crippen molar-refractivity contribution in [3.8, 4) is 5.75 Å². The fourth-order valence-corrected chi connectivity index (χ4v) is 4.89. The Balaban J connectivity index is 1.50. The van der Waals surface area contributed by atoms with E-state index in [1.165, 1.54) is 16.7 Å². The molecule has 1 saturated heterocycles. The Morgan fingerprint density at radius 3 is 2.50 bits per heavy atom. The summed E-state index contributed by atoms with van der Waals surface area (Å²) in [7, 11) is 1.70. The number of fused-ring (bicyclic) bond motifs is 1. The lowest BCUT2D eigenvalue weighted by Crippen LogP contribution is -2.51. The Bertz CT molecular complexity index is 841. The zero-order chi connectivity index (χ0) is 19.5. The number of allylic oxidation sites excluding steroid dienone is 1. The Morgan fingerprint density at radius 2 is 1.79 bits per heavy atom. The molecule has 2 fully saturated rings. The van der Waals surface area contributed by atoms with Crippen molar-refractivity contribution in [1.82, 2.24) is 4.90 Å². The van der Waals surface area contributed by atoms with Gasteiger partial charge < -0.3 is 9.64 Å². The Morgan fingerprint density at radius 1 is 1.04 bits per heavy atom. The smallest absolute Gasteiger partial charge is 0.223 e. The first kappa shape index (κ1) is 18.8. The lowest BCUT2D eigenvalue weighted by molar-refractivity contribution is -0.142. The van der Waals surface area contributed by atoms with Crippen LogP contribution in [0.25, 0.3) is 6.08 Å². The van der Waals surface area contributed by atoms with Gasteiger partial charge in [0.05, 0.1) is 13.2 Å². The van der Waals surface area contributed by atoms with E-state index in [-0.39, 0.29) is 6.04 Å². The maximum absolute atomic E-state index is 12.8. The number of likely N-dealkylation sites (tertiary alicyclic amines) is 1. The highest BCUT2D eigenvalue weighted by Gasteiger charge is 2.40. The number of hydrogen-bond donors (Lipinski definition) is 0. The molecule has 1 heterocycles. The predicted octanol–water partition coefficient (Wildman–Crippen LogP) is 5.63. The number of piperidine rings is 1. The summed E-state index contributed by atoms with van der Waals surface area (Å²) < 4.78 is 5.25. The second-order valence-electron chi connectivity index (χ2n) is 8.07. The SMILES string of the molecule is COc1ccc(C=C2CC[C@@H]3[C@H](CCC(=O)N3C(C)c3ccccc3)C2)cc1. The van der Waals surface area contributed by atoms with Crippen molar-refractivity contribution in [2.24, 2.45) is 5.92 Å². The van der Waals surface area contributed by atoms with Gasteiger partial charge in [0.1, 0.15) is 5.75 Å². The molecule has 4 rings (SSSR count). The maximum atomic E-state index is 12.8. The minimum Gasteiger partial charge on any atom is -0.497 e. The van der Waals surface area contributed by atoms with Crippen LogP contribution < -0.4 is 4.74 Å². The molecule has 3 nitrogen and oxygen atoms in total. The van der Waals surface area contributed by atoms with Crippen LogP contribution in [-0.2, 0) is 4.79 Å². The van der Waals surface area contributed by atoms with Gasteiger partial charge in [0.2, 0.25) is 5.91 Å². The average molecular weight is 376 g/mol. The summed E-state index contributed by atoms with van der Waals surface area (Å²) in [5.74, 6) is 1.78. The van der Waals surface area contributed by atoms with Crippen LogP contribution in [0.4, 0.5) is 0 Å². The quantitative estimate of drug-likeness (QED) is 0.693. The van der Waals surface area contributed by atoms with Gasteiger partial charge in [0.25, 0.3) is 0 Å². The third-order valence-electron chi connectivity index (χ3n) is 6.39. The first-order valence-electron chi connectivity index (χ1n) is 10.4. The van der Waals surface area contributed by atoms with Crippen LogP contribution in [0.3, 0.4) is 0 Å². The van der Waals surface area contributed by atoms with Crippen LogP contribution in [-0.4, -0.2) is 24.0 Å². The first-order valence-corrected chi connectivity index (χ1v) is 10.4. The maximum Gasteiger partial charge on any atom is 0.223 e. The molecular weight excluding hydrogens is 346 g/mol. The summed E-state index contributed by atoms with van der Waals surface area (Å²) in [6, 6.07) is 19.2. The summed E-state index contributed by atoms with van der Waals surface area (Å²) in [6.07, 6.45) is 7.25. The van der Waals surface area contributed by atoms with Crippen molar-refractivity contribution in [3.63, 3.8) is 0 Å². The number of carbonyl (C=O) groups is 1. The molecule has 28 heavy (non-hydrogen) atoms. The van der Waals surface area contributed by atoms with E-state index in [4.69, 9.17) is 4.74 Å². The molecule has 2 aromatic rings. The van der Waals surface area contributed by atoms with E-state index in [1.54, 1.807) is 7.11 Å². The average Bonchev–Trinajstić information content (AvgIpc) is 2.74. The first-order chi connectivity index (χ1) is 13.7. The summed E-state index contributed by atoms with van der Waals surface area (Å²) in [6.45, 7) is 2.18. The minimum atomic E-state index is 0.147. The van der Waals surface area contributed by atoms with E-state index >= 15 is 0 Å². The van der Waals surface area contributed by atoms with E-state index in [2.05, 4.69) is 54.3 Å². The molecule has 2 aromatic carbocycles. The molecule has 0 N–H and O–H groups in total. The van der Waals surface area contributed by atoms with Gasteiger partial charge in [-0.05, 0) is 61.8 Å². The van der Waals surface area contributed by atoms with Crippen LogP contribution >= 0.6 is 0 Å². The van der Waals surface area contributed by atoms with E-state index in [1.807, 2.05) is 18.2 Å². The van der Waals surface area contributed by atoms with Crippen LogP contribution in [0.5, 0.6) is 5.75 Å². The van der Waals surface area contributed by atoms with Crippen molar-refractivity contribution in [3.05, 3.63) is 71.3 Å². The molecule has 1 amide bonds. The Kier molecular flexibility index (Phi) is 5.52. The normalized spacial score (nSPS) is 24.7. The van der Waals surface area contributed by atoms with Gasteiger partial charge in [0.15, 0.2) is 0 Å². The van der Waals surface area contributed by atoms with Gasteiger partial charge in [-0.2, -0.15) is 0 Å². The zero-order valence-electron chi connectivity index (χ0n) is 16.8. The molecule has 0 radical (unpaired) electrons. The molecule has 0 bridgehead atoms. The van der Waals surface area contributed by atoms with Crippen LogP contribution in [0.1, 0.15) is 56.2 Å². The largest absolute Gasteiger partial charge is 0.497 e. The zero-order valence-corrected chi connectivity index (χ0v) is 16.8. The fourth-order valence-electron chi connectivity index (χ4n) is 4.89. The summed E-state index contributed by atoms with van der Waals surface area (Å²) in [5, 5.41) is 0.